The number of nitrogens with one attached hydrogen (secondary N) is 1. The normalized spacial score (nSPS) is 10.5. The van der Waals surface area contributed by atoms with Crippen molar-refractivity contribution < 1.29 is 9.59 Å². The molecule has 5 nitrogen and oxygen atoms in total. The van der Waals surface area contributed by atoms with Crippen molar-refractivity contribution in [3.05, 3.63) is 42.2 Å². The summed E-state index contributed by atoms with van der Waals surface area (Å²) >= 11 is 0. The van der Waals surface area contributed by atoms with Crippen LogP contribution in [0.15, 0.2) is 36.7 Å². The average molecular weight is 257 g/mol. The van der Waals surface area contributed by atoms with E-state index < -0.39 is 0 Å². The Hall–Kier alpha value is -2.43. The molecule has 2 aromatic rings. The predicted molar refractivity (Wildman–Crippen MR) is 72.4 cm³/mol. The molecule has 19 heavy (non-hydrogen) atoms. The Morgan fingerprint density at radius 2 is 2.00 bits per heavy atom. The van der Waals surface area contributed by atoms with Crippen LogP contribution in [0, 0.1) is 5.92 Å². The molecule has 0 bridgehead atoms. The molecule has 0 radical (unpaired) electrons. The first-order valence-corrected chi connectivity index (χ1v) is 6.01. The molecule has 1 amide bonds. The molecule has 0 aliphatic rings. The quantitative estimate of drug-likeness (QED) is 0.855. The van der Waals surface area contributed by atoms with Gasteiger partial charge in [0.05, 0.1) is 17.4 Å². The van der Waals surface area contributed by atoms with Crippen molar-refractivity contribution in [2.24, 2.45) is 5.92 Å². The van der Waals surface area contributed by atoms with Crippen molar-refractivity contribution >= 4 is 17.9 Å². The molecule has 0 aliphatic heterocycles. The van der Waals surface area contributed by atoms with Crippen molar-refractivity contribution in [1.29, 1.82) is 0 Å². The van der Waals surface area contributed by atoms with Crippen LogP contribution in [0.2, 0.25) is 0 Å². The third-order valence-corrected chi connectivity index (χ3v) is 2.66. The number of aldehydes is 1. The van der Waals surface area contributed by atoms with E-state index in [9.17, 15) is 9.59 Å². The summed E-state index contributed by atoms with van der Waals surface area (Å²) in [5.74, 6) is -0.0731. The first-order valence-electron chi connectivity index (χ1n) is 6.01. The molecule has 0 aliphatic carbocycles. The summed E-state index contributed by atoms with van der Waals surface area (Å²) in [5, 5.41) is 6.89. The lowest BCUT2D eigenvalue weighted by molar-refractivity contribution is -0.118. The van der Waals surface area contributed by atoms with E-state index in [1.807, 2.05) is 26.0 Å². The Labute approximate surface area is 111 Å². The highest BCUT2D eigenvalue weighted by molar-refractivity contribution is 5.92. The molecule has 1 aromatic heterocycles. The van der Waals surface area contributed by atoms with E-state index in [2.05, 4.69) is 10.4 Å². The predicted octanol–water partition coefficient (Wildman–Crippen LogP) is 2.28. The van der Waals surface area contributed by atoms with Crippen LogP contribution in [-0.2, 0) is 4.79 Å². The maximum absolute atomic E-state index is 11.5. The van der Waals surface area contributed by atoms with Gasteiger partial charge in [-0.15, -0.1) is 0 Å². The SMILES string of the molecule is CC(C)C(=O)Nc1ccc(-n2cc(C=O)cn2)cc1. The second-order valence-corrected chi connectivity index (χ2v) is 4.53. The van der Waals surface area contributed by atoms with Gasteiger partial charge in [0.15, 0.2) is 6.29 Å². The van der Waals surface area contributed by atoms with Gasteiger partial charge in [-0.05, 0) is 24.3 Å². The summed E-state index contributed by atoms with van der Waals surface area (Å²) < 4.78 is 1.61. The highest BCUT2D eigenvalue weighted by Gasteiger charge is 2.07. The molecule has 5 heteroatoms. The Balaban J connectivity index is 2.14. The van der Waals surface area contributed by atoms with E-state index >= 15 is 0 Å². The van der Waals surface area contributed by atoms with Crippen LogP contribution in [0.1, 0.15) is 24.2 Å². The van der Waals surface area contributed by atoms with Gasteiger partial charge in [0.1, 0.15) is 0 Å². The lowest BCUT2D eigenvalue weighted by Gasteiger charge is -2.08. The number of nitrogens with zero attached hydrogens (tertiary/aromatic N) is 2. The van der Waals surface area contributed by atoms with Crippen molar-refractivity contribution in [2.45, 2.75) is 13.8 Å². The largest absolute Gasteiger partial charge is 0.326 e. The third kappa shape index (κ3) is 3.07. The number of hydrogen-bond donors (Lipinski definition) is 1. The molecule has 1 aromatic carbocycles. The summed E-state index contributed by atoms with van der Waals surface area (Å²) in [6.45, 7) is 3.68. The van der Waals surface area contributed by atoms with E-state index in [4.69, 9.17) is 0 Å². The van der Waals surface area contributed by atoms with Crippen molar-refractivity contribution in [1.82, 2.24) is 9.78 Å². The number of anilines is 1. The van der Waals surface area contributed by atoms with Gasteiger partial charge in [-0.1, -0.05) is 13.8 Å². The lowest BCUT2D eigenvalue weighted by atomic mass is 10.2. The number of amides is 1. The number of carbonyl (C=O) groups excluding carboxylic acids is 2. The van der Waals surface area contributed by atoms with Crippen LogP contribution < -0.4 is 5.32 Å². The zero-order valence-corrected chi connectivity index (χ0v) is 10.8. The van der Waals surface area contributed by atoms with Crippen LogP contribution in [0.25, 0.3) is 5.69 Å². The van der Waals surface area contributed by atoms with E-state index in [1.54, 1.807) is 23.0 Å². The Bertz CT molecular complexity index is 585. The van der Waals surface area contributed by atoms with E-state index in [0.29, 0.717) is 5.56 Å². The van der Waals surface area contributed by atoms with E-state index in [0.717, 1.165) is 17.7 Å². The molecule has 0 saturated carbocycles. The van der Waals surface area contributed by atoms with E-state index in [1.165, 1.54) is 6.20 Å². The van der Waals surface area contributed by atoms with Crippen LogP contribution in [0.4, 0.5) is 5.69 Å². The van der Waals surface area contributed by atoms with Crippen LogP contribution in [0.3, 0.4) is 0 Å². The highest BCUT2D eigenvalue weighted by Crippen LogP contribution is 2.14. The second-order valence-electron chi connectivity index (χ2n) is 4.53. The molecule has 0 unspecified atom stereocenters. The molecule has 2 rings (SSSR count). The van der Waals surface area contributed by atoms with Gasteiger partial charge in [-0.25, -0.2) is 4.68 Å². The number of carbonyl (C=O) groups is 2. The molecule has 1 heterocycles. The van der Waals surface area contributed by atoms with Crippen molar-refractivity contribution in [3.63, 3.8) is 0 Å². The second kappa shape index (κ2) is 5.48. The first-order chi connectivity index (χ1) is 9.10. The van der Waals surface area contributed by atoms with Gasteiger partial charge in [-0.3, -0.25) is 9.59 Å². The van der Waals surface area contributed by atoms with Gasteiger partial charge in [0.25, 0.3) is 0 Å². The first kappa shape index (κ1) is 13.0. The van der Waals surface area contributed by atoms with Gasteiger partial charge >= 0.3 is 0 Å². The molecule has 98 valence electrons. The Morgan fingerprint density at radius 3 is 2.53 bits per heavy atom. The Morgan fingerprint density at radius 1 is 1.32 bits per heavy atom. The molecule has 0 atom stereocenters. The molecular weight excluding hydrogens is 242 g/mol. The Kier molecular flexibility index (Phi) is 3.75. The third-order valence-electron chi connectivity index (χ3n) is 2.66. The summed E-state index contributed by atoms with van der Waals surface area (Å²) in [7, 11) is 0. The fourth-order valence-corrected chi connectivity index (χ4v) is 1.52. The van der Waals surface area contributed by atoms with Crippen molar-refractivity contribution in [3.8, 4) is 5.69 Å². The maximum atomic E-state index is 11.5. The minimum absolute atomic E-state index is 0.0184. The molecule has 0 spiro atoms. The highest BCUT2D eigenvalue weighted by atomic mass is 16.1. The smallest absolute Gasteiger partial charge is 0.226 e. The van der Waals surface area contributed by atoms with E-state index in [-0.39, 0.29) is 11.8 Å². The summed E-state index contributed by atoms with van der Waals surface area (Å²) in [4.78, 5) is 22.1. The fourth-order valence-electron chi connectivity index (χ4n) is 1.52. The summed E-state index contributed by atoms with van der Waals surface area (Å²) in [6, 6.07) is 7.27. The van der Waals surface area contributed by atoms with Crippen LogP contribution >= 0.6 is 0 Å². The van der Waals surface area contributed by atoms with Gasteiger partial charge in [0, 0.05) is 17.8 Å². The maximum Gasteiger partial charge on any atom is 0.226 e. The topological polar surface area (TPSA) is 64.0 Å². The minimum atomic E-state index is -0.0547. The monoisotopic (exact) mass is 257 g/mol. The number of aromatic nitrogens is 2. The minimum Gasteiger partial charge on any atom is -0.326 e. The average Bonchev–Trinajstić information content (AvgIpc) is 2.88. The van der Waals surface area contributed by atoms with Crippen molar-refractivity contribution in [2.75, 3.05) is 5.32 Å². The molecule has 1 N–H and O–H groups in total. The number of hydrogen-bond acceptors (Lipinski definition) is 3. The van der Waals surface area contributed by atoms with Gasteiger partial charge in [-0.2, -0.15) is 5.10 Å². The number of benzene rings is 1. The zero-order chi connectivity index (χ0) is 13.8. The zero-order valence-electron chi connectivity index (χ0n) is 10.8. The van der Waals surface area contributed by atoms with Crippen LogP contribution in [0.5, 0.6) is 0 Å². The molecule has 0 saturated heterocycles. The van der Waals surface area contributed by atoms with Gasteiger partial charge < -0.3 is 5.32 Å². The summed E-state index contributed by atoms with van der Waals surface area (Å²) in [5.41, 5.74) is 2.10. The summed E-state index contributed by atoms with van der Waals surface area (Å²) in [6.07, 6.45) is 3.90. The molecular formula is C14H15N3O2. The standard InChI is InChI=1S/C14H15N3O2/c1-10(2)14(19)16-12-3-5-13(6-4-12)17-8-11(9-18)7-15-17/h3-10H,1-2H3,(H,16,19). The lowest BCUT2D eigenvalue weighted by Crippen LogP contribution is -2.17. The fraction of sp³-hybridized carbons (Fsp3) is 0.214. The van der Waals surface area contributed by atoms with Gasteiger partial charge in [0.2, 0.25) is 5.91 Å². The molecule has 0 fully saturated rings. The number of rotatable bonds is 4. The van der Waals surface area contributed by atoms with Crippen LogP contribution in [-0.4, -0.2) is 22.0 Å².